The van der Waals surface area contributed by atoms with E-state index >= 15 is 0 Å². The molecule has 2 aromatic carbocycles. The number of aliphatic imine (C=N–C) groups is 1. The Hall–Kier alpha value is -3.20. The quantitative estimate of drug-likeness (QED) is 0.281. The van der Waals surface area contributed by atoms with E-state index in [1.807, 2.05) is 43.6 Å². The summed E-state index contributed by atoms with van der Waals surface area (Å²) in [5.41, 5.74) is 13.8. The molecule has 0 saturated carbocycles. The summed E-state index contributed by atoms with van der Waals surface area (Å²) in [6, 6.07) is 20.4. The largest absolute Gasteiger partial charge is 0.399 e. The van der Waals surface area contributed by atoms with Crippen molar-refractivity contribution in [2.24, 2.45) is 4.99 Å². The molecule has 0 amide bonds. The first kappa shape index (κ1) is 25.8. The highest BCUT2D eigenvalue weighted by atomic mass is 14.7. The van der Waals surface area contributed by atoms with Gasteiger partial charge in [0.05, 0.1) is 0 Å². The number of aromatic nitrogens is 1. The average Bonchev–Trinajstić information content (AvgIpc) is 2.78. The molecule has 0 bridgehead atoms. The number of aryl methyl sites for hydroxylation is 2. The second kappa shape index (κ2) is 14.7. The Morgan fingerprint density at radius 2 is 1.61 bits per heavy atom. The van der Waals surface area contributed by atoms with Crippen LogP contribution in [0.15, 0.2) is 90.2 Å². The van der Waals surface area contributed by atoms with Crippen LogP contribution in [0.3, 0.4) is 0 Å². The average molecular weight is 416 g/mol. The smallest absolute Gasteiger partial charge is 0.0414 e. The predicted octanol–water partition coefficient (Wildman–Crippen LogP) is 6.86. The highest BCUT2D eigenvalue weighted by molar-refractivity contribution is 6.00. The SMILES string of the molecule is C=C(C)Cc1ccc(C)cc1.CCC(=NC)c1ccc(N)cc1.CCc1cccnc1. The van der Waals surface area contributed by atoms with Crippen molar-refractivity contribution in [2.75, 3.05) is 12.8 Å². The molecule has 0 aliphatic carbocycles. The van der Waals surface area contributed by atoms with Crippen LogP contribution in [0.25, 0.3) is 0 Å². The fraction of sp³-hybridized carbons (Fsp3) is 0.286. The van der Waals surface area contributed by atoms with Gasteiger partial charge in [0.15, 0.2) is 0 Å². The van der Waals surface area contributed by atoms with E-state index in [4.69, 9.17) is 5.73 Å². The molecule has 1 heterocycles. The maximum absolute atomic E-state index is 5.57. The number of anilines is 1. The molecule has 3 aromatic rings. The van der Waals surface area contributed by atoms with Crippen LogP contribution >= 0.6 is 0 Å². The van der Waals surface area contributed by atoms with E-state index in [2.05, 4.69) is 74.6 Å². The van der Waals surface area contributed by atoms with Crippen molar-refractivity contribution in [3.05, 3.63) is 107 Å². The van der Waals surface area contributed by atoms with E-state index in [0.29, 0.717) is 0 Å². The van der Waals surface area contributed by atoms with Gasteiger partial charge in [0.25, 0.3) is 0 Å². The molecule has 31 heavy (non-hydrogen) atoms. The first-order valence-corrected chi connectivity index (χ1v) is 10.8. The minimum atomic E-state index is 0.797. The van der Waals surface area contributed by atoms with Gasteiger partial charge in [-0.15, -0.1) is 0 Å². The van der Waals surface area contributed by atoms with Crippen LogP contribution < -0.4 is 5.73 Å². The Kier molecular flexibility index (Phi) is 12.3. The Bertz CT molecular complexity index is 909. The summed E-state index contributed by atoms with van der Waals surface area (Å²) < 4.78 is 0. The van der Waals surface area contributed by atoms with Gasteiger partial charge in [0.1, 0.15) is 0 Å². The van der Waals surface area contributed by atoms with Crippen molar-refractivity contribution in [3.63, 3.8) is 0 Å². The lowest BCUT2D eigenvalue weighted by Gasteiger charge is -2.02. The molecule has 3 nitrogen and oxygen atoms in total. The monoisotopic (exact) mass is 415 g/mol. The Morgan fingerprint density at radius 3 is 2.03 bits per heavy atom. The molecule has 0 saturated heterocycles. The lowest BCUT2D eigenvalue weighted by molar-refractivity contribution is 1.10. The number of hydrogen-bond acceptors (Lipinski definition) is 3. The number of nitrogen functional groups attached to an aromatic ring is 1. The number of nitrogens with zero attached hydrogens (tertiary/aromatic N) is 2. The topological polar surface area (TPSA) is 51.3 Å². The molecule has 0 spiro atoms. The minimum Gasteiger partial charge on any atom is -0.399 e. The van der Waals surface area contributed by atoms with Crippen molar-refractivity contribution in [2.45, 2.75) is 47.0 Å². The number of pyridine rings is 1. The molecule has 1 aromatic heterocycles. The summed E-state index contributed by atoms with van der Waals surface area (Å²) in [5, 5.41) is 0. The van der Waals surface area contributed by atoms with Gasteiger partial charge in [-0.1, -0.05) is 74.0 Å². The lowest BCUT2D eigenvalue weighted by Crippen LogP contribution is -1.98. The summed E-state index contributed by atoms with van der Waals surface area (Å²) in [7, 11) is 1.81. The molecule has 2 N–H and O–H groups in total. The molecule has 0 atom stereocenters. The maximum Gasteiger partial charge on any atom is 0.0414 e. The molecule has 0 radical (unpaired) electrons. The van der Waals surface area contributed by atoms with Crippen molar-refractivity contribution >= 4 is 11.4 Å². The standard InChI is InChI=1S/C11H14.C10H14N2.C7H9N/c1-9(2)8-11-6-4-10(3)5-7-11;1-3-10(12-2)8-4-6-9(11)7-5-8;1-2-7-4-3-5-8-6-7/h4-7H,1,8H2,2-3H3;4-7H,3,11H2,1-2H3;3-6H,2H2,1H3. The Labute approximate surface area is 188 Å². The summed E-state index contributed by atoms with van der Waals surface area (Å²) in [6.45, 7) is 12.2. The highest BCUT2D eigenvalue weighted by Crippen LogP contribution is 2.08. The van der Waals surface area contributed by atoms with Crippen LogP contribution in [0.5, 0.6) is 0 Å². The van der Waals surface area contributed by atoms with Gasteiger partial charge in [-0.3, -0.25) is 9.98 Å². The van der Waals surface area contributed by atoms with Crippen LogP contribution in [0.2, 0.25) is 0 Å². The van der Waals surface area contributed by atoms with Crippen molar-refractivity contribution < 1.29 is 0 Å². The number of hydrogen-bond donors (Lipinski definition) is 1. The molecule has 0 fully saturated rings. The van der Waals surface area contributed by atoms with E-state index < -0.39 is 0 Å². The second-order valence-electron chi connectivity index (χ2n) is 7.48. The molecule has 3 rings (SSSR count). The lowest BCUT2D eigenvalue weighted by atomic mass is 10.1. The van der Waals surface area contributed by atoms with Gasteiger partial charge in [-0.25, -0.2) is 0 Å². The van der Waals surface area contributed by atoms with Crippen molar-refractivity contribution in [3.8, 4) is 0 Å². The zero-order valence-corrected chi connectivity index (χ0v) is 19.7. The van der Waals surface area contributed by atoms with Crippen molar-refractivity contribution in [1.82, 2.24) is 4.98 Å². The van der Waals surface area contributed by atoms with E-state index in [1.165, 1.54) is 22.3 Å². The van der Waals surface area contributed by atoms with E-state index in [-0.39, 0.29) is 0 Å². The van der Waals surface area contributed by atoms with Gasteiger partial charge in [-0.05, 0) is 68.0 Å². The number of rotatable bonds is 5. The summed E-state index contributed by atoms with van der Waals surface area (Å²) in [6.07, 6.45) is 6.72. The molecule has 164 valence electrons. The molecular formula is C28H37N3. The fourth-order valence-electron chi connectivity index (χ4n) is 2.83. The van der Waals surface area contributed by atoms with E-state index in [0.717, 1.165) is 36.2 Å². The molecular weight excluding hydrogens is 378 g/mol. The minimum absolute atomic E-state index is 0.797. The van der Waals surface area contributed by atoms with Gasteiger partial charge < -0.3 is 5.73 Å². The van der Waals surface area contributed by atoms with Crippen LogP contribution in [0.1, 0.15) is 49.4 Å². The molecule has 3 heteroatoms. The summed E-state index contributed by atoms with van der Waals surface area (Å²) in [4.78, 5) is 8.14. The van der Waals surface area contributed by atoms with Gasteiger partial charge in [-0.2, -0.15) is 0 Å². The van der Waals surface area contributed by atoms with Crippen LogP contribution in [-0.2, 0) is 12.8 Å². The van der Waals surface area contributed by atoms with Crippen LogP contribution in [-0.4, -0.2) is 17.7 Å². The van der Waals surface area contributed by atoms with Gasteiger partial charge >= 0.3 is 0 Å². The third kappa shape index (κ3) is 10.9. The van der Waals surface area contributed by atoms with Gasteiger partial charge in [0.2, 0.25) is 0 Å². The normalized spacial score (nSPS) is 10.3. The fourth-order valence-corrected chi connectivity index (χ4v) is 2.83. The van der Waals surface area contributed by atoms with Crippen LogP contribution in [0.4, 0.5) is 5.69 Å². The molecule has 0 aliphatic heterocycles. The molecule has 0 unspecified atom stereocenters. The highest BCUT2D eigenvalue weighted by Gasteiger charge is 1.98. The zero-order valence-electron chi connectivity index (χ0n) is 19.7. The number of nitrogens with two attached hydrogens (primary N) is 1. The van der Waals surface area contributed by atoms with Gasteiger partial charge in [0, 0.05) is 30.8 Å². The Morgan fingerprint density at radius 1 is 0.968 bits per heavy atom. The van der Waals surface area contributed by atoms with Crippen molar-refractivity contribution in [1.29, 1.82) is 0 Å². The summed E-state index contributed by atoms with van der Waals surface area (Å²) >= 11 is 0. The van der Waals surface area contributed by atoms with E-state index in [1.54, 1.807) is 6.20 Å². The first-order valence-electron chi connectivity index (χ1n) is 10.8. The maximum atomic E-state index is 5.57. The predicted molar refractivity (Wildman–Crippen MR) is 137 cm³/mol. The first-order chi connectivity index (χ1) is 14.9. The Balaban J connectivity index is 0.000000237. The second-order valence-corrected chi connectivity index (χ2v) is 7.48. The number of allylic oxidation sites excluding steroid dienone is 1. The van der Waals surface area contributed by atoms with Crippen LogP contribution in [0, 0.1) is 6.92 Å². The molecule has 0 aliphatic rings. The third-order valence-corrected chi connectivity index (χ3v) is 4.61. The third-order valence-electron chi connectivity index (χ3n) is 4.61. The summed E-state index contributed by atoms with van der Waals surface area (Å²) in [5.74, 6) is 0. The number of benzene rings is 2. The zero-order chi connectivity index (χ0) is 23.1. The van der Waals surface area contributed by atoms with E-state index in [9.17, 15) is 0 Å².